The highest BCUT2D eigenvalue weighted by molar-refractivity contribution is 5.90. The molecule has 98 valence electrons. The number of rotatable bonds is 3. The predicted molar refractivity (Wildman–Crippen MR) is 77.2 cm³/mol. The first-order chi connectivity index (χ1) is 9.84. The van der Waals surface area contributed by atoms with E-state index in [1.165, 1.54) is 0 Å². The Morgan fingerprint density at radius 1 is 0.800 bits per heavy atom. The van der Waals surface area contributed by atoms with Gasteiger partial charge in [0.15, 0.2) is 0 Å². The number of hydrogen-bond donors (Lipinski definition) is 0. The molecule has 0 radical (unpaired) electrons. The maximum Gasteiger partial charge on any atom is 0.344 e. The van der Waals surface area contributed by atoms with Gasteiger partial charge in [-0.25, -0.2) is 4.79 Å². The van der Waals surface area contributed by atoms with E-state index in [1.807, 2.05) is 65.4 Å². The number of carbonyl (C=O) groups is 1. The van der Waals surface area contributed by atoms with Crippen LogP contribution in [-0.4, -0.2) is 10.5 Å². The van der Waals surface area contributed by atoms with Gasteiger partial charge in [0.05, 0.1) is 5.56 Å². The lowest BCUT2D eigenvalue weighted by Crippen LogP contribution is -2.10. The van der Waals surface area contributed by atoms with Crippen molar-refractivity contribution >= 4 is 5.97 Å². The molecular formula is C17H13NO2. The molecule has 0 saturated carbocycles. The van der Waals surface area contributed by atoms with Crippen LogP contribution in [0.5, 0.6) is 5.88 Å². The van der Waals surface area contributed by atoms with Crippen LogP contribution in [0.2, 0.25) is 0 Å². The van der Waals surface area contributed by atoms with Gasteiger partial charge in [-0.15, -0.1) is 0 Å². The van der Waals surface area contributed by atoms with Gasteiger partial charge in [0.25, 0.3) is 0 Å². The van der Waals surface area contributed by atoms with Gasteiger partial charge in [-0.2, -0.15) is 0 Å². The summed E-state index contributed by atoms with van der Waals surface area (Å²) in [5.41, 5.74) is 1.49. The Labute approximate surface area is 117 Å². The quantitative estimate of drug-likeness (QED) is 0.675. The highest BCUT2D eigenvalue weighted by Gasteiger charge is 2.11. The van der Waals surface area contributed by atoms with Crippen LogP contribution in [0.3, 0.4) is 0 Å². The van der Waals surface area contributed by atoms with E-state index < -0.39 is 0 Å². The van der Waals surface area contributed by atoms with E-state index >= 15 is 0 Å². The van der Waals surface area contributed by atoms with Gasteiger partial charge in [-0.3, -0.25) is 4.57 Å². The highest BCUT2D eigenvalue weighted by atomic mass is 16.5. The Balaban J connectivity index is 1.86. The van der Waals surface area contributed by atoms with Gasteiger partial charge in [0.2, 0.25) is 5.88 Å². The standard InChI is InChI=1S/C17H13NO2/c19-17(14-8-3-1-4-9-14)20-16-12-7-13-18(16)15-10-5-2-6-11-15/h1-13H. The first kappa shape index (κ1) is 12.2. The van der Waals surface area contributed by atoms with Crippen LogP contribution in [0.15, 0.2) is 79.0 Å². The number of ether oxygens (including phenoxy) is 1. The number of benzene rings is 2. The molecule has 0 unspecified atom stereocenters. The molecule has 3 aromatic rings. The minimum Gasteiger partial charge on any atom is -0.405 e. The first-order valence-electron chi connectivity index (χ1n) is 6.34. The summed E-state index contributed by atoms with van der Waals surface area (Å²) >= 11 is 0. The second-order valence-electron chi connectivity index (χ2n) is 4.31. The largest absolute Gasteiger partial charge is 0.405 e. The number of para-hydroxylation sites is 1. The average molecular weight is 263 g/mol. The number of nitrogens with zero attached hydrogens (tertiary/aromatic N) is 1. The Morgan fingerprint density at radius 2 is 1.45 bits per heavy atom. The lowest BCUT2D eigenvalue weighted by molar-refractivity contribution is 0.0724. The Morgan fingerprint density at radius 3 is 2.15 bits per heavy atom. The van der Waals surface area contributed by atoms with Crippen LogP contribution in [0, 0.1) is 0 Å². The Hall–Kier alpha value is -2.81. The van der Waals surface area contributed by atoms with Crippen LogP contribution in [0.4, 0.5) is 0 Å². The smallest absolute Gasteiger partial charge is 0.344 e. The first-order valence-corrected chi connectivity index (χ1v) is 6.34. The average Bonchev–Trinajstić information content (AvgIpc) is 2.97. The fourth-order valence-corrected chi connectivity index (χ4v) is 1.98. The minimum absolute atomic E-state index is 0.360. The molecule has 0 saturated heterocycles. The number of hydrogen-bond acceptors (Lipinski definition) is 2. The minimum atomic E-state index is -0.360. The van der Waals surface area contributed by atoms with Gasteiger partial charge >= 0.3 is 5.97 Å². The van der Waals surface area contributed by atoms with Crippen molar-refractivity contribution in [3.8, 4) is 11.6 Å². The van der Waals surface area contributed by atoms with Gasteiger partial charge < -0.3 is 4.74 Å². The zero-order chi connectivity index (χ0) is 13.8. The van der Waals surface area contributed by atoms with E-state index in [9.17, 15) is 4.79 Å². The zero-order valence-electron chi connectivity index (χ0n) is 10.8. The summed E-state index contributed by atoms with van der Waals surface area (Å²) in [7, 11) is 0. The monoisotopic (exact) mass is 263 g/mol. The van der Waals surface area contributed by atoms with E-state index in [-0.39, 0.29) is 5.97 Å². The second kappa shape index (κ2) is 5.45. The molecular weight excluding hydrogens is 250 g/mol. The summed E-state index contributed by atoms with van der Waals surface area (Å²) in [6.45, 7) is 0. The van der Waals surface area contributed by atoms with Crippen molar-refractivity contribution in [2.24, 2.45) is 0 Å². The molecule has 0 spiro atoms. The molecule has 3 rings (SSSR count). The van der Waals surface area contributed by atoms with Crippen molar-refractivity contribution in [3.05, 3.63) is 84.6 Å². The zero-order valence-corrected chi connectivity index (χ0v) is 10.8. The Bertz CT molecular complexity index is 702. The molecule has 0 aliphatic rings. The molecule has 0 bridgehead atoms. The molecule has 0 fully saturated rings. The third kappa shape index (κ3) is 2.47. The van der Waals surface area contributed by atoms with Crippen molar-refractivity contribution < 1.29 is 9.53 Å². The molecule has 2 aromatic carbocycles. The summed E-state index contributed by atoms with van der Waals surface area (Å²) in [5, 5.41) is 0. The second-order valence-corrected chi connectivity index (χ2v) is 4.31. The van der Waals surface area contributed by atoms with Crippen LogP contribution >= 0.6 is 0 Å². The number of esters is 1. The van der Waals surface area contributed by atoms with Crippen molar-refractivity contribution in [1.82, 2.24) is 4.57 Å². The predicted octanol–water partition coefficient (Wildman–Crippen LogP) is 3.70. The van der Waals surface area contributed by atoms with Crippen LogP contribution < -0.4 is 4.74 Å². The summed E-state index contributed by atoms with van der Waals surface area (Å²) in [6.07, 6.45) is 1.86. The van der Waals surface area contributed by atoms with Gasteiger partial charge in [-0.05, 0) is 30.3 Å². The van der Waals surface area contributed by atoms with E-state index in [4.69, 9.17) is 4.74 Å². The molecule has 0 aliphatic carbocycles. The SMILES string of the molecule is O=C(Oc1cccn1-c1ccccc1)c1ccccc1. The van der Waals surface area contributed by atoms with Crippen LogP contribution in [-0.2, 0) is 0 Å². The van der Waals surface area contributed by atoms with Crippen molar-refractivity contribution in [2.45, 2.75) is 0 Å². The van der Waals surface area contributed by atoms with Crippen LogP contribution in [0.1, 0.15) is 10.4 Å². The maximum atomic E-state index is 12.1. The lowest BCUT2D eigenvalue weighted by Gasteiger charge is -2.09. The molecule has 0 N–H and O–H groups in total. The molecule has 1 heterocycles. The molecule has 1 aromatic heterocycles. The van der Waals surface area contributed by atoms with Crippen molar-refractivity contribution in [2.75, 3.05) is 0 Å². The normalized spacial score (nSPS) is 10.2. The number of carbonyl (C=O) groups excluding carboxylic acids is 1. The summed E-state index contributed by atoms with van der Waals surface area (Å²) < 4.78 is 7.28. The molecule has 3 heteroatoms. The van der Waals surface area contributed by atoms with E-state index in [1.54, 1.807) is 18.2 Å². The van der Waals surface area contributed by atoms with Crippen molar-refractivity contribution in [3.63, 3.8) is 0 Å². The van der Waals surface area contributed by atoms with Crippen molar-refractivity contribution in [1.29, 1.82) is 0 Å². The topological polar surface area (TPSA) is 31.2 Å². The lowest BCUT2D eigenvalue weighted by atomic mass is 10.2. The third-order valence-corrected chi connectivity index (χ3v) is 2.95. The fourth-order valence-electron chi connectivity index (χ4n) is 1.98. The van der Waals surface area contributed by atoms with E-state index in [2.05, 4.69) is 0 Å². The molecule has 3 nitrogen and oxygen atoms in total. The molecule has 0 atom stereocenters. The summed E-state index contributed by atoms with van der Waals surface area (Å²) in [5.74, 6) is 0.145. The summed E-state index contributed by atoms with van der Waals surface area (Å²) in [4.78, 5) is 12.1. The van der Waals surface area contributed by atoms with Gasteiger partial charge in [0.1, 0.15) is 0 Å². The fraction of sp³-hybridized carbons (Fsp3) is 0. The third-order valence-electron chi connectivity index (χ3n) is 2.95. The van der Waals surface area contributed by atoms with E-state index in [0.717, 1.165) is 5.69 Å². The van der Waals surface area contributed by atoms with Crippen LogP contribution in [0.25, 0.3) is 5.69 Å². The van der Waals surface area contributed by atoms with Gasteiger partial charge in [0, 0.05) is 18.0 Å². The van der Waals surface area contributed by atoms with E-state index in [0.29, 0.717) is 11.4 Å². The number of aromatic nitrogens is 1. The Kier molecular flexibility index (Phi) is 3.33. The highest BCUT2D eigenvalue weighted by Crippen LogP contribution is 2.20. The molecule has 20 heavy (non-hydrogen) atoms. The summed E-state index contributed by atoms with van der Waals surface area (Å²) in [6, 6.07) is 22.3. The van der Waals surface area contributed by atoms with Gasteiger partial charge in [-0.1, -0.05) is 36.4 Å². The molecule has 0 amide bonds. The maximum absolute atomic E-state index is 12.1. The molecule has 0 aliphatic heterocycles.